The zero-order chi connectivity index (χ0) is 22.2. The van der Waals surface area contributed by atoms with Gasteiger partial charge in [-0.25, -0.2) is 0 Å². The van der Waals surface area contributed by atoms with Crippen LogP contribution in [0.3, 0.4) is 0 Å². The van der Waals surface area contributed by atoms with E-state index in [-0.39, 0.29) is 11.8 Å². The normalized spacial score (nSPS) is 14.4. The number of ether oxygens (including phenoxy) is 1. The van der Waals surface area contributed by atoms with Gasteiger partial charge in [-0.1, -0.05) is 60.7 Å². The quantitative estimate of drug-likeness (QED) is 0.603. The molecule has 0 aromatic heterocycles. The van der Waals surface area contributed by atoms with Crippen LogP contribution in [-0.2, 0) is 16.0 Å². The van der Waals surface area contributed by atoms with Gasteiger partial charge in [-0.15, -0.1) is 0 Å². The lowest BCUT2D eigenvalue weighted by Crippen LogP contribution is -2.45. The summed E-state index contributed by atoms with van der Waals surface area (Å²) in [5.41, 5.74) is 3.18. The van der Waals surface area contributed by atoms with Crippen molar-refractivity contribution in [2.75, 3.05) is 36.5 Å². The van der Waals surface area contributed by atoms with E-state index in [0.717, 1.165) is 30.0 Å². The Bertz CT molecular complexity index is 1030. The van der Waals surface area contributed by atoms with Gasteiger partial charge in [-0.05, 0) is 29.8 Å². The molecule has 1 fully saturated rings. The highest BCUT2D eigenvalue weighted by molar-refractivity contribution is 6.02. The lowest BCUT2D eigenvalue weighted by atomic mass is 10.0. The number of carbonyl (C=O) groups is 2. The van der Waals surface area contributed by atoms with Crippen molar-refractivity contribution >= 4 is 23.2 Å². The first-order chi connectivity index (χ1) is 15.7. The van der Waals surface area contributed by atoms with Gasteiger partial charge in [0, 0.05) is 25.1 Å². The van der Waals surface area contributed by atoms with E-state index in [0.29, 0.717) is 25.2 Å². The van der Waals surface area contributed by atoms with Crippen LogP contribution < -0.4 is 15.5 Å². The summed E-state index contributed by atoms with van der Waals surface area (Å²) in [5, 5.41) is 5.97. The van der Waals surface area contributed by atoms with E-state index in [1.54, 1.807) is 24.3 Å². The lowest BCUT2D eigenvalue weighted by molar-refractivity contribution is -0.118. The van der Waals surface area contributed by atoms with Crippen molar-refractivity contribution in [3.8, 4) is 0 Å². The standard InChI is InChI=1S/C26H27N3O3/c30-25(21-11-5-2-6-12-21)28-23(19-20-9-3-1-4-10-20)26(31)27-22-13-7-8-14-24(22)29-15-17-32-18-16-29/h1-14,23H,15-19H2,(H,27,31)(H,28,30). The Hall–Kier alpha value is -3.64. The van der Waals surface area contributed by atoms with Gasteiger partial charge in [0.05, 0.1) is 24.6 Å². The van der Waals surface area contributed by atoms with Crippen LogP contribution in [-0.4, -0.2) is 44.2 Å². The molecule has 3 aromatic carbocycles. The maximum atomic E-state index is 13.3. The molecule has 1 heterocycles. The fourth-order valence-electron chi connectivity index (χ4n) is 3.77. The van der Waals surface area contributed by atoms with Gasteiger partial charge < -0.3 is 20.3 Å². The highest BCUT2D eigenvalue weighted by atomic mass is 16.5. The second-order valence-corrected chi connectivity index (χ2v) is 7.69. The molecule has 3 aromatic rings. The maximum Gasteiger partial charge on any atom is 0.251 e. The molecule has 2 amide bonds. The van der Waals surface area contributed by atoms with Crippen LogP contribution >= 0.6 is 0 Å². The van der Waals surface area contributed by atoms with E-state index in [1.165, 1.54) is 0 Å². The Labute approximate surface area is 188 Å². The Morgan fingerprint density at radius 3 is 2.19 bits per heavy atom. The van der Waals surface area contributed by atoms with Crippen LogP contribution in [0.15, 0.2) is 84.9 Å². The van der Waals surface area contributed by atoms with Gasteiger partial charge in [-0.3, -0.25) is 9.59 Å². The third-order valence-electron chi connectivity index (χ3n) is 5.45. The zero-order valence-corrected chi connectivity index (χ0v) is 17.9. The van der Waals surface area contributed by atoms with Gasteiger partial charge in [-0.2, -0.15) is 0 Å². The highest BCUT2D eigenvalue weighted by Gasteiger charge is 2.24. The molecular weight excluding hydrogens is 402 g/mol. The second-order valence-electron chi connectivity index (χ2n) is 7.69. The Kier molecular flexibility index (Phi) is 7.15. The minimum Gasteiger partial charge on any atom is -0.378 e. The molecule has 2 N–H and O–H groups in total. The molecule has 164 valence electrons. The summed E-state index contributed by atoms with van der Waals surface area (Å²) in [6, 6.07) is 25.7. The van der Waals surface area contributed by atoms with Gasteiger partial charge in [0.1, 0.15) is 6.04 Å². The number of hydrogen-bond acceptors (Lipinski definition) is 4. The molecule has 1 saturated heterocycles. The molecule has 6 heteroatoms. The predicted molar refractivity (Wildman–Crippen MR) is 126 cm³/mol. The van der Waals surface area contributed by atoms with E-state index < -0.39 is 6.04 Å². The lowest BCUT2D eigenvalue weighted by Gasteiger charge is -2.31. The molecule has 0 spiro atoms. The summed E-state index contributed by atoms with van der Waals surface area (Å²) in [6.07, 6.45) is 0.394. The molecule has 1 aliphatic rings. The molecule has 4 rings (SSSR count). The third-order valence-corrected chi connectivity index (χ3v) is 5.45. The monoisotopic (exact) mass is 429 g/mol. The number of hydrogen-bond donors (Lipinski definition) is 2. The van der Waals surface area contributed by atoms with Crippen molar-refractivity contribution in [2.45, 2.75) is 12.5 Å². The number of anilines is 2. The molecule has 6 nitrogen and oxygen atoms in total. The average molecular weight is 430 g/mol. The summed E-state index contributed by atoms with van der Waals surface area (Å²) < 4.78 is 5.46. The van der Waals surface area contributed by atoms with Crippen LogP contribution in [0.1, 0.15) is 15.9 Å². The summed E-state index contributed by atoms with van der Waals surface area (Å²) in [5.74, 6) is -0.526. The number of amides is 2. The molecule has 1 aliphatic heterocycles. The van der Waals surface area contributed by atoms with Crippen molar-refractivity contribution in [2.24, 2.45) is 0 Å². The van der Waals surface area contributed by atoms with Crippen LogP contribution in [0, 0.1) is 0 Å². The zero-order valence-electron chi connectivity index (χ0n) is 17.9. The summed E-state index contributed by atoms with van der Waals surface area (Å²) in [7, 11) is 0. The predicted octanol–water partition coefficient (Wildman–Crippen LogP) is 3.50. The molecule has 0 saturated carbocycles. The Balaban J connectivity index is 1.54. The summed E-state index contributed by atoms with van der Waals surface area (Å²) in [6.45, 7) is 2.86. The number of nitrogens with one attached hydrogen (secondary N) is 2. The molecule has 0 radical (unpaired) electrons. The van der Waals surface area contributed by atoms with E-state index in [9.17, 15) is 9.59 Å². The average Bonchev–Trinajstić information content (AvgIpc) is 2.85. The van der Waals surface area contributed by atoms with Gasteiger partial charge in [0.25, 0.3) is 5.91 Å². The number of para-hydroxylation sites is 2. The van der Waals surface area contributed by atoms with Gasteiger partial charge >= 0.3 is 0 Å². The maximum absolute atomic E-state index is 13.3. The summed E-state index contributed by atoms with van der Waals surface area (Å²) in [4.78, 5) is 28.4. The Morgan fingerprint density at radius 2 is 1.47 bits per heavy atom. The molecule has 0 aliphatic carbocycles. The van der Waals surface area contributed by atoms with Crippen molar-refractivity contribution in [1.82, 2.24) is 5.32 Å². The first-order valence-corrected chi connectivity index (χ1v) is 10.8. The minimum atomic E-state index is -0.720. The van der Waals surface area contributed by atoms with Crippen LogP contribution in [0.2, 0.25) is 0 Å². The van der Waals surface area contributed by atoms with Crippen LogP contribution in [0.4, 0.5) is 11.4 Å². The fraction of sp³-hybridized carbons (Fsp3) is 0.231. The topological polar surface area (TPSA) is 70.7 Å². The molecular formula is C26H27N3O3. The number of rotatable bonds is 7. The Morgan fingerprint density at radius 1 is 0.844 bits per heavy atom. The first-order valence-electron chi connectivity index (χ1n) is 10.8. The van der Waals surface area contributed by atoms with Crippen molar-refractivity contribution in [3.05, 3.63) is 96.1 Å². The van der Waals surface area contributed by atoms with Crippen LogP contribution in [0.25, 0.3) is 0 Å². The van der Waals surface area contributed by atoms with Crippen molar-refractivity contribution < 1.29 is 14.3 Å². The minimum absolute atomic E-state index is 0.251. The van der Waals surface area contributed by atoms with Crippen LogP contribution in [0.5, 0.6) is 0 Å². The fourth-order valence-corrected chi connectivity index (χ4v) is 3.77. The van der Waals surface area contributed by atoms with E-state index in [1.807, 2.05) is 60.7 Å². The molecule has 1 unspecified atom stereocenters. The summed E-state index contributed by atoms with van der Waals surface area (Å²) >= 11 is 0. The SMILES string of the molecule is O=C(NC(Cc1ccccc1)C(=O)Nc1ccccc1N1CCOCC1)c1ccccc1. The smallest absolute Gasteiger partial charge is 0.251 e. The van der Waals surface area contributed by atoms with E-state index >= 15 is 0 Å². The molecule has 0 bridgehead atoms. The van der Waals surface area contributed by atoms with Gasteiger partial charge in [0.15, 0.2) is 0 Å². The molecule has 1 atom stereocenters. The van der Waals surface area contributed by atoms with E-state index in [4.69, 9.17) is 4.74 Å². The number of carbonyl (C=O) groups excluding carboxylic acids is 2. The van der Waals surface area contributed by atoms with Crippen molar-refractivity contribution in [1.29, 1.82) is 0 Å². The van der Waals surface area contributed by atoms with Gasteiger partial charge in [0.2, 0.25) is 5.91 Å². The number of benzene rings is 3. The highest BCUT2D eigenvalue weighted by Crippen LogP contribution is 2.26. The largest absolute Gasteiger partial charge is 0.378 e. The molecule has 32 heavy (non-hydrogen) atoms. The number of morpholine rings is 1. The first kappa shape index (κ1) is 21.6. The third kappa shape index (κ3) is 5.53. The van der Waals surface area contributed by atoms with E-state index in [2.05, 4.69) is 15.5 Å². The van der Waals surface area contributed by atoms with Crippen molar-refractivity contribution in [3.63, 3.8) is 0 Å². The number of nitrogens with zero attached hydrogens (tertiary/aromatic N) is 1. The second kappa shape index (κ2) is 10.6.